The first-order valence-corrected chi connectivity index (χ1v) is 7.21. The Labute approximate surface area is 125 Å². The lowest BCUT2D eigenvalue weighted by molar-refractivity contribution is -0.142. The molecular formula is C16H22N2O3. The SMILES string of the molecule is CC(CN(C)CC(=O)N1c2ccccc2CC1C)C(=O)O. The first kappa shape index (κ1) is 15.5. The maximum absolute atomic E-state index is 12.5. The highest BCUT2D eigenvalue weighted by Gasteiger charge is 2.31. The second kappa shape index (κ2) is 6.26. The van der Waals surface area contributed by atoms with Crippen LogP contribution in [0.25, 0.3) is 0 Å². The van der Waals surface area contributed by atoms with E-state index in [2.05, 4.69) is 6.07 Å². The van der Waals surface area contributed by atoms with Gasteiger partial charge in [0.1, 0.15) is 0 Å². The van der Waals surface area contributed by atoms with Gasteiger partial charge < -0.3 is 10.0 Å². The van der Waals surface area contributed by atoms with Crippen LogP contribution in [0, 0.1) is 5.92 Å². The molecule has 1 aliphatic rings. The van der Waals surface area contributed by atoms with Crippen molar-refractivity contribution in [3.63, 3.8) is 0 Å². The van der Waals surface area contributed by atoms with Crippen molar-refractivity contribution in [2.75, 3.05) is 25.0 Å². The van der Waals surface area contributed by atoms with Gasteiger partial charge in [-0.1, -0.05) is 25.1 Å². The average Bonchev–Trinajstić information content (AvgIpc) is 2.73. The van der Waals surface area contributed by atoms with Gasteiger partial charge in [-0.2, -0.15) is 0 Å². The van der Waals surface area contributed by atoms with Gasteiger partial charge in [-0.3, -0.25) is 14.5 Å². The van der Waals surface area contributed by atoms with Crippen molar-refractivity contribution in [2.45, 2.75) is 26.3 Å². The topological polar surface area (TPSA) is 60.9 Å². The Balaban J connectivity index is 2.02. The molecule has 0 radical (unpaired) electrons. The molecule has 1 aromatic carbocycles. The molecule has 114 valence electrons. The zero-order valence-corrected chi connectivity index (χ0v) is 12.7. The Morgan fingerprint density at radius 2 is 2.10 bits per heavy atom. The third-order valence-corrected chi connectivity index (χ3v) is 3.89. The van der Waals surface area contributed by atoms with E-state index in [0.29, 0.717) is 6.54 Å². The number of fused-ring (bicyclic) bond motifs is 1. The monoisotopic (exact) mass is 290 g/mol. The van der Waals surface area contributed by atoms with E-state index >= 15 is 0 Å². The van der Waals surface area contributed by atoms with Gasteiger partial charge >= 0.3 is 5.97 Å². The maximum Gasteiger partial charge on any atom is 0.307 e. The van der Waals surface area contributed by atoms with Crippen LogP contribution in [0.1, 0.15) is 19.4 Å². The van der Waals surface area contributed by atoms with Gasteiger partial charge in [0.2, 0.25) is 5.91 Å². The van der Waals surface area contributed by atoms with Gasteiger partial charge in [0.05, 0.1) is 12.5 Å². The van der Waals surface area contributed by atoms with Crippen LogP contribution < -0.4 is 4.90 Å². The number of para-hydroxylation sites is 1. The van der Waals surface area contributed by atoms with Crippen LogP contribution in [0.5, 0.6) is 0 Å². The predicted octanol–water partition coefficient (Wildman–Crippen LogP) is 1.62. The fourth-order valence-electron chi connectivity index (χ4n) is 2.86. The van der Waals surface area contributed by atoms with E-state index in [-0.39, 0.29) is 18.5 Å². The lowest BCUT2D eigenvalue weighted by Crippen LogP contribution is -2.43. The first-order chi connectivity index (χ1) is 9.90. The number of rotatable bonds is 5. The second-order valence-electron chi connectivity index (χ2n) is 5.88. The Bertz CT molecular complexity index is 544. The Morgan fingerprint density at radius 1 is 1.43 bits per heavy atom. The highest BCUT2D eigenvalue weighted by molar-refractivity contribution is 5.97. The summed E-state index contributed by atoms with van der Waals surface area (Å²) in [5.74, 6) is -1.30. The largest absolute Gasteiger partial charge is 0.481 e. The summed E-state index contributed by atoms with van der Waals surface area (Å²) in [6.07, 6.45) is 0.872. The zero-order chi connectivity index (χ0) is 15.6. The molecule has 0 saturated carbocycles. The molecule has 1 amide bonds. The molecule has 0 spiro atoms. The molecule has 1 N–H and O–H groups in total. The van der Waals surface area contributed by atoms with E-state index < -0.39 is 11.9 Å². The van der Waals surface area contributed by atoms with Gasteiger partial charge in [0, 0.05) is 18.3 Å². The molecule has 0 fully saturated rings. The number of carboxylic acids is 1. The number of benzene rings is 1. The molecule has 0 aromatic heterocycles. The molecular weight excluding hydrogens is 268 g/mol. The van der Waals surface area contributed by atoms with Crippen LogP contribution in [0.3, 0.4) is 0 Å². The second-order valence-corrected chi connectivity index (χ2v) is 5.88. The highest BCUT2D eigenvalue weighted by Crippen LogP contribution is 2.31. The highest BCUT2D eigenvalue weighted by atomic mass is 16.4. The minimum Gasteiger partial charge on any atom is -0.481 e. The Morgan fingerprint density at radius 3 is 2.76 bits per heavy atom. The molecule has 1 aliphatic heterocycles. The lowest BCUT2D eigenvalue weighted by atomic mass is 10.1. The molecule has 1 heterocycles. The van der Waals surface area contributed by atoms with E-state index in [1.807, 2.05) is 30.0 Å². The molecule has 2 rings (SSSR count). The molecule has 5 nitrogen and oxygen atoms in total. The number of amides is 1. The van der Waals surface area contributed by atoms with Crippen LogP contribution in [0.4, 0.5) is 5.69 Å². The van der Waals surface area contributed by atoms with E-state index in [1.165, 1.54) is 5.56 Å². The summed E-state index contributed by atoms with van der Waals surface area (Å²) in [5.41, 5.74) is 2.18. The molecule has 2 unspecified atom stereocenters. The van der Waals surface area contributed by atoms with Gasteiger partial charge in [-0.15, -0.1) is 0 Å². The number of nitrogens with zero attached hydrogens (tertiary/aromatic N) is 2. The van der Waals surface area contributed by atoms with Crippen LogP contribution in [-0.4, -0.2) is 48.1 Å². The number of carboxylic acid groups (broad SMARTS) is 1. The fraction of sp³-hybridized carbons (Fsp3) is 0.500. The summed E-state index contributed by atoms with van der Waals surface area (Å²) in [6.45, 7) is 4.29. The van der Waals surface area contributed by atoms with Crippen LogP contribution in [0.2, 0.25) is 0 Å². The number of likely N-dealkylation sites (N-methyl/N-ethyl adjacent to an activating group) is 1. The molecule has 0 aliphatic carbocycles. The Hall–Kier alpha value is -1.88. The van der Waals surface area contributed by atoms with Gasteiger partial charge in [-0.05, 0) is 32.0 Å². The molecule has 0 bridgehead atoms. The summed E-state index contributed by atoms with van der Waals surface area (Å²) < 4.78 is 0. The average molecular weight is 290 g/mol. The molecule has 0 saturated heterocycles. The zero-order valence-electron chi connectivity index (χ0n) is 12.7. The van der Waals surface area contributed by atoms with E-state index in [1.54, 1.807) is 18.9 Å². The molecule has 21 heavy (non-hydrogen) atoms. The van der Waals surface area contributed by atoms with Crippen LogP contribution in [0.15, 0.2) is 24.3 Å². The van der Waals surface area contributed by atoms with Crippen LogP contribution >= 0.6 is 0 Å². The molecule has 5 heteroatoms. The van der Waals surface area contributed by atoms with Crippen LogP contribution in [-0.2, 0) is 16.0 Å². The van der Waals surface area contributed by atoms with E-state index in [4.69, 9.17) is 5.11 Å². The smallest absolute Gasteiger partial charge is 0.307 e. The number of hydrogen-bond donors (Lipinski definition) is 1. The van der Waals surface area contributed by atoms with Gasteiger partial charge in [0.25, 0.3) is 0 Å². The third kappa shape index (κ3) is 3.42. The number of anilines is 1. The first-order valence-electron chi connectivity index (χ1n) is 7.21. The quantitative estimate of drug-likeness (QED) is 0.895. The van der Waals surface area contributed by atoms with Gasteiger partial charge in [0.15, 0.2) is 0 Å². The summed E-state index contributed by atoms with van der Waals surface area (Å²) in [5, 5.41) is 8.93. The summed E-state index contributed by atoms with van der Waals surface area (Å²) in [6, 6.07) is 8.10. The van der Waals surface area contributed by atoms with Crippen molar-refractivity contribution in [2.24, 2.45) is 5.92 Å². The van der Waals surface area contributed by atoms with E-state index in [0.717, 1.165) is 12.1 Å². The number of aliphatic carboxylic acids is 1. The molecule has 2 atom stereocenters. The predicted molar refractivity (Wildman–Crippen MR) is 81.4 cm³/mol. The van der Waals surface area contributed by atoms with Crippen molar-refractivity contribution in [3.05, 3.63) is 29.8 Å². The van der Waals surface area contributed by atoms with Crippen molar-refractivity contribution in [1.82, 2.24) is 4.90 Å². The number of hydrogen-bond acceptors (Lipinski definition) is 3. The standard InChI is InChI=1S/C16H22N2O3/c1-11(16(20)21)9-17(3)10-15(19)18-12(2)8-13-6-4-5-7-14(13)18/h4-7,11-12H,8-10H2,1-3H3,(H,20,21). The maximum atomic E-state index is 12.5. The minimum atomic E-state index is -0.839. The minimum absolute atomic E-state index is 0.0209. The van der Waals surface area contributed by atoms with E-state index in [9.17, 15) is 9.59 Å². The lowest BCUT2D eigenvalue weighted by Gasteiger charge is -2.26. The van der Waals surface area contributed by atoms with Crippen molar-refractivity contribution in [3.8, 4) is 0 Å². The van der Waals surface area contributed by atoms with Crippen molar-refractivity contribution in [1.29, 1.82) is 0 Å². The Kier molecular flexibility index (Phi) is 4.63. The third-order valence-electron chi connectivity index (χ3n) is 3.89. The number of carbonyl (C=O) groups is 2. The normalized spacial score (nSPS) is 18.7. The number of carbonyl (C=O) groups excluding carboxylic acids is 1. The summed E-state index contributed by atoms with van der Waals surface area (Å²) in [7, 11) is 1.78. The fourth-order valence-corrected chi connectivity index (χ4v) is 2.86. The summed E-state index contributed by atoms with van der Waals surface area (Å²) in [4.78, 5) is 27.0. The molecule has 1 aromatic rings. The van der Waals surface area contributed by atoms with Crippen molar-refractivity contribution < 1.29 is 14.7 Å². The van der Waals surface area contributed by atoms with Gasteiger partial charge in [-0.25, -0.2) is 0 Å². The van der Waals surface area contributed by atoms with Crippen molar-refractivity contribution >= 4 is 17.6 Å². The summed E-state index contributed by atoms with van der Waals surface area (Å²) >= 11 is 0.